The largest absolute Gasteiger partial charge is 0.209 e. The summed E-state index contributed by atoms with van der Waals surface area (Å²) in [7, 11) is 0. The number of fused-ring (bicyclic) bond motifs is 2. The van der Waals surface area contributed by atoms with Gasteiger partial charge in [-0.3, -0.25) is 0 Å². The summed E-state index contributed by atoms with van der Waals surface area (Å²) in [5.74, 6) is 3.80. The molecule has 10 rings (SSSR count). The van der Waals surface area contributed by atoms with E-state index in [9.17, 15) is 0 Å². The van der Waals surface area contributed by atoms with E-state index in [2.05, 4.69) is 97.1 Å². The summed E-state index contributed by atoms with van der Waals surface area (Å²) in [6.45, 7) is 0. The molecule has 2 aromatic heterocycles. The third-order valence-electron chi connectivity index (χ3n) is 10.5. The van der Waals surface area contributed by atoms with Gasteiger partial charge in [0, 0.05) is 22.3 Å². The highest BCUT2D eigenvalue weighted by Gasteiger charge is 2.11. The average Bonchev–Trinajstić information content (AvgIpc) is 3.35. The van der Waals surface area contributed by atoms with Crippen molar-refractivity contribution in [2.75, 3.05) is 0 Å². The molecule has 0 aliphatic rings. The second-order valence-electron chi connectivity index (χ2n) is 14.9. The van der Waals surface area contributed by atoms with Crippen LogP contribution in [0.2, 0.25) is 0 Å². The highest BCUT2D eigenvalue weighted by Crippen LogP contribution is 2.26. The van der Waals surface area contributed by atoms with Gasteiger partial charge in [0.15, 0.2) is 34.9 Å². The van der Waals surface area contributed by atoms with Crippen molar-refractivity contribution in [1.82, 2.24) is 29.9 Å². The van der Waals surface area contributed by atoms with Gasteiger partial charge in [-0.1, -0.05) is 194 Å². The van der Waals surface area contributed by atoms with Gasteiger partial charge in [0.2, 0.25) is 0 Å². The zero-order valence-electron chi connectivity index (χ0n) is 33.6. The van der Waals surface area contributed by atoms with Crippen molar-refractivity contribution in [3.05, 3.63) is 228 Å². The van der Waals surface area contributed by atoms with Crippen LogP contribution in [0.4, 0.5) is 0 Å². The summed E-state index contributed by atoms with van der Waals surface area (Å²) in [6, 6.07) is 66.2. The number of nitrogens with zero attached hydrogens (tertiary/aromatic N) is 6. The fraction of sp³-hybridized carbons (Fsp3) is 0. The van der Waals surface area contributed by atoms with E-state index < -0.39 is 0 Å². The SMILES string of the molecule is C(=Cc1ccc2cc(C=Cc3nc(-c4ccccc4)nc(-c4ccccc4)n3)ccc2c1)c1ccc2cc(C=Cc3nc(-c4ccccc4)nc(-c4ccccc4)n3)ccc2c1. The molecule has 0 unspecified atom stereocenters. The smallest absolute Gasteiger partial charge is 0.164 e. The van der Waals surface area contributed by atoms with Gasteiger partial charge in [0.25, 0.3) is 0 Å². The van der Waals surface area contributed by atoms with Gasteiger partial charge >= 0.3 is 0 Å². The fourth-order valence-electron chi connectivity index (χ4n) is 7.31. The highest BCUT2D eigenvalue weighted by atomic mass is 15.0. The van der Waals surface area contributed by atoms with Crippen molar-refractivity contribution < 1.29 is 0 Å². The Morgan fingerprint density at radius 1 is 0.226 bits per heavy atom. The van der Waals surface area contributed by atoms with Gasteiger partial charge < -0.3 is 0 Å². The Balaban J connectivity index is 0.843. The lowest BCUT2D eigenvalue weighted by atomic mass is 10.0. The van der Waals surface area contributed by atoms with Crippen LogP contribution in [0.15, 0.2) is 194 Å². The van der Waals surface area contributed by atoms with E-state index in [0.717, 1.165) is 55.3 Å². The van der Waals surface area contributed by atoms with Gasteiger partial charge in [0.05, 0.1) is 0 Å². The normalized spacial score (nSPS) is 11.7. The van der Waals surface area contributed by atoms with Crippen LogP contribution in [-0.4, -0.2) is 29.9 Å². The topological polar surface area (TPSA) is 77.3 Å². The highest BCUT2D eigenvalue weighted by molar-refractivity contribution is 5.91. The van der Waals surface area contributed by atoms with Crippen molar-refractivity contribution in [3.8, 4) is 45.6 Å². The first kappa shape index (κ1) is 37.8. The van der Waals surface area contributed by atoms with Crippen LogP contribution in [0.1, 0.15) is 33.9 Å². The molecule has 0 N–H and O–H groups in total. The molecule has 0 atom stereocenters. The van der Waals surface area contributed by atoms with Crippen molar-refractivity contribution in [2.45, 2.75) is 0 Å². The van der Waals surface area contributed by atoms with Crippen LogP contribution in [0.5, 0.6) is 0 Å². The summed E-state index contributed by atoms with van der Waals surface area (Å²) >= 11 is 0. The first-order valence-electron chi connectivity index (χ1n) is 20.5. The molecule has 0 bridgehead atoms. The van der Waals surface area contributed by atoms with Crippen molar-refractivity contribution in [1.29, 1.82) is 0 Å². The predicted octanol–water partition coefficient (Wildman–Crippen LogP) is 13.5. The zero-order valence-corrected chi connectivity index (χ0v) is 33.6. The van der Waals surface area contributed by atoms with Gasteiger partial charge in [-0.05, 0) is 80.2 Å². The maximum absolute atomic E-state index is 4.80. The molecule has 2 heterocycles. The molecule has 0 radical (unpaired) electrons. The fourth-order valence-corrected chi connectivity index (χ4v) is 7.31. The van der Waals surface area contributed by atoms with Crippen molar-refractivity contribution in [2.24, 2.45) is 0 Å². The number of rotatable bonds is 10. The van der Waals surface area contributed by atoms with Gasteiger partial charge in [-0.25, -0.2) is 29.9 Å². The molecule has 0 aliphatic carbocycles. The standard InChI is InChI=1S/C56H38N6/c1-5-13-43(14-6-1)53-57-51(58-54(61-53)44-15-7-2-8-16-44)33-27-41-25-31-47-35-39(23-29-49(47)37-41)21-22-40-24-30-50-38-42(26-32-48(50)36-40)28-34-52-59-55(45-17-9-3-10-18-45)62-56(60-52)46-19-11-4-12-20-46/h1-38H. The van der Waals surface area contributed by atoms with Gasteiger partial charge in [-0.15, -0.1) is 0 Å². The van der Waals surface area contributed by atoms with Crippen molar-refractivity contribution >= 4 is 58.0 Å². The molecule has 0 saturated carbocycles. The molecule has 0 spiro atoms. The Morgan fingerprint density at radius 3 is 0.726 bits per heavy atom. The van der Waals surface area contributed by atoms with Crippen LogP contribution in [0.25, 0.3) is 104 Å². The third-order valence-corrected chi connectivity index (χ3v) is 10.5. The summed E-state index contributed by atoms with van der Waals surface area (Å²) in [4.78, 5) is 28.8. The summed E-state index contributed by atoms with van der Waals surface area (Å²) in [5, 5.41) is 4.67. The second-order valence-corrected chi connectivity index (χ2v) is 14.9. The average molecular weight is 795 g/mol. The van der Waals surface area contributed by atoms with Crippen LogP contribution in [0.3, 0.4) is 0 Å². The van der Waals surface area contributed by atoms with Crippen molar-refractivity contribution in [3.63, 3.8) is 0 Å². The quantitative estimate of drug-likeness (QED) is 0.128. The zero-order chi connectivity index (χ0) is 41.5. The Hall–Kier alpha value is -8.48. The maximum Gasteiger partial charge on any atom is 0.164 e. The van der Waals surface area contributed by atoms with E-state index in [4.69, 9.17) is 29.9 Å². The lowest BCUT2D eigenvalue weighted by molar-refractivity contribution is 1.05. The maximum atomic E-state index is 4.80. The Labute approximate surface area is 360 Å². The second kappa shape index (κ2) is 17.4. The lowest BCUT2D eigenvalue weighted by Gasteiger charge is -2.06. The Morgan fingerprint density at radius 2 is 0.468 bits per heavy atom. The third kappa shape index (κ3) is 8.76. The number of hydrogen-bond donors (Lipinski definition) is 0. The summed E-state index contributed by atoms with van der Waals surface area (Å²) in [6.07, 6.45) is 12.4. The minimum atomic E-state index is 0.607. The van der Waals surface area contributed by atoms with E-state index in [1.54, 1.807) is 0 Å². The first-order chi connectivity index (χ1) is 30.6. The molecule has 6 heteroatoms. The summed E-state index contributed by atoms with van der Waals surface area (Å²) < 4.78 is 0. The first-order valence-corrected chi connectivity index (χ1v) is 20.5. The molecule has 6 nitrogen and oxygen atoms in total. The summed E-state index contributed by atoms with van der Waals surface area (Å²) in [5.41, 5.74) is 8.21. The number of benzene rings is 8. The minimum Gasteiger partial charge on any atom is -0.209 e. The van der Waals surface area contributed by atoms with Crippen LogP contribution in [0, 0.1) is 0 Å². The number of hydrogen-bond acceptors (Lipinski definition) is 6. The lowest BCUT2D eigenvalue weighted by Crippen LogP contribution is -1.99. The molecule has 0 amide bonds. The molecule has 0 aliphatic heterocycles. The van der Waals surface area contributed by atoms with E-state index >= 15 is 0 Å². The van der Waals surface area contributed by atoms with E-state index in [1.165, 1.54) is 10.8 Å². The van der Waals surface area contributed by atoms with Crippen LogP contribution < -0.4 is 0 Å². The van der Waals surface area contributed by atoms with E-state index in [-0.39, 0.29) is 0 Å². The predicted molar refractivity (Wildman–Crippen MR) is 256 cm³/mol. The molecule has 0 fully saturated rings. The molecule has 8 aromatic carbocycles. The minimum absolute atomic E-state index is 0.607. The molecule has 62 heavy (non-hydrogen) atoms. The van der Waals surface area contributed by atoms with Gasteiger partial charge in [0.1, 0.15) is 0 Å². The van der Waals surface area contributed by atoms with E-state index in [0.29, 0.717) is 34.9 Å². The molecular formula is C56H38N6. The molecular weight excluding hydrogens is 757 g/mol. The van der Waals surface area contributed by atoms with Crippen LogP contribution in [-0.2, 0) is 0 Å². The molecule has 0 saturated heterocycles. The monoisotopic (exact) mass is 794 g/mol. The van der Waals surface area contributed by atoms with E-state index in [1.807, 2.05) is 133 Å². The molecule has 10 aromatic rings. The Bertz CT molecular complexity index is 2930. The Kier molecular flexibility index (Phi) is 10.6. The van der Waals surface area contributed by atoms with Crippen LogP contribution >= 0.6 is 0 Å². The molecule has 292 valence electrons. The van der Waals surface area contributed by atoms with Gasteiger partial charge in [-0.2, -0.15) is 0 Å². The number of aromatic nitrogens is 6.